The number of rotatable bonds is 3. The maximum absolute atomic E-state index is 5.67. The molecule has 0 bridgehead atoms. The first-order valence-electron chi connectivity index (χ1n) is 4.58. The molecule has 0 amide bonds. The van der Waals surface area contributed by atoms with Crippen molar-refractivity contribution in [2.75, 3.05) is 19.6 Å². The van der Waals surface area contributed by atoms with Crippen LogP contribution in [-0.2, 0) is 0 Å². The molecule has 70 valence electrons. The molecule has 3 heteroatoms. The van der Waals surface area contributed by atoms with Gasteiger partial charge in [-0.3, -0.25) is 4.90 Å². The molecule has 1 aliphatic heterocycles. The quantitative estimate of drug-likeness (QED) is 0.729. The van der Waals surface area contributed by atoms with E-state index in [1.807, 2.05) is 6.08 Å². The molecule has 1 saturated heterocycles. The van der Waals surface area contributed by atoms with Gasteiger partial charge in [0, 0.05) is 24.7 Å². The van der Waals surface area contributed by atoms with Crippen LogP contribution in [0.1, 0.15) is 19.3 Å². The number of halogens is 1. The lowest BCUT2D eigenvalue weighted by Crippen LogP contribution is -2.43. The molecule has 12 heavy (non-hydrogen) atoms. The van der Waals surface area contributed by atoms with Crippen molar-refractivity contribution in [3.8, 4) is 0 Å². The third kappa shape index (κ3) is 2.77. The first kappa shape index (κ1) is 10.0. The highest BCUT2D eigenvalue weighted by Gasteiger charge is 2.19. The Morgan fingerprint density at radius 1 is 1.50 bits per heavy atom. The third-order valence-corrected chi connectivity index (χ3v) is 2.63. The summed E-state index contributed by atoms with van der Waals surface area (Å²) in [7, 11) is 0. The lowest BCUT2D eigenvalue weighted by Gasteiger charge is -2.33. The summed E-state index contributed by atoms with van der Waals surface area (Å²) >= 11 is 5.47. The SMILES string of the molecule is NCC1CCCCN1C/C=C/Cl. The van der Waals surface area contributed by atoms with E-state index in [0.717, 1.165) is 13.1 Å². The van der Waals surface area contributed by atoms with Crippen LogP contribution < -0.4 is 5.73 Å². The summed E-state index contributed by atoms with van der Waals surface area (Å²) in [6, 6.07) is 0.576. The van der Waals surface area contributed by atoms with Gasteiger partial charge in [-0.2, -0.15) is 0 Å². The summed E-state index contributed by atoms with van der Waals surface area (Å²) in [6.07, 6.45) is 5.84. The van der Waals surface area contributed by atoms with E-state index in [4.69, 9.17) is 17.3 Å². The van der Waals surface area contributed by atoms with Crippen LogP contribution in [0.25, 0.3) is 0 Å². The first-order valence-corrected chi connectivity index (χ1v) is 5.01. The van der Waals surface area contributed by atoms with E-state index < -0.39 is 0 Å². The first-order chi connectivity index (χ1) is 5.88. The molecule has 1 aliphatic rings. The molecular formula is C9H17ClN2. The molecule has 0 spiro atoms. The zero-order chi connectivity index (χ0) is 8.81. The smallest absolute Gasteiger partial charge is 0.0221 e. The van der Waals surface area contributed by atoms with Crippen LogP contribution >= 0.6 is 11.6 Å². The van der Waals surface area contributed by atoms with Crippen LogP contribution in [0.3, 0.4) is 0 Å². The van der Waals surface area contributed by atoms with Crippen LogP contribution in [0.5, 0.6) is 0 Å². The van der Waals surface area contributed by atoms with E-state index in [2.05, 4.69) is 4.90 Å². The summed E-state index contributed by atoms with van der Waals surface area (Å²) in [5.74, 6) is 0. The average Bonchev–Trinajstić information content (AvgIpc) is 2.15. The van der Waals surface area contributed by atoms with Crippen molar-refractivity contribution in [1.82, 2.24) is 4.90 Å². The van der Waals surface area contributed by atoms with Crippen LogP contribution in [0.4, 0.5) is 0 Å². The van der Waals surface area contributed by atoms with Gasteiger partial charge in [0.2, 0.25) is 0 Å². The summed E-state index contributed by atoms with van der Waals surface area (Å²) < 4.78 is 0. The van der Waals surface area contributed by atoms with Crippen LogP contribution in [0.2, 0.25) is 0 Å². The van der Waals surface area contributed by atoms with Crippen LogP contribution in [0, 0.1) is 0 Å². The Morgan fingerprint density at radius 2 is 2.33 bits per heavy atom. The second kappa shape index (κ2) is 5.57. The summed E-state index contributed by atoms with van der Waals surface area (Å²) in [5.41, 5.74) is 7.25. The molecule has 0 saturated carbocycles. The van der Waals surface area contributed by atoms with E-state index >= 15 is 0 Å². The molecule has 1 heterocycles. The molecule has 0 radical (unpaired) electrons. The maximum atomic E-state index is 5.67. The molecule has 0 aromatic heterocycles. The minimum Gasteiger partial charge on any atom is -0.329 e. The zero-order valence-electron chi connectivity index (χ0n) is 7.38. The monoisotopic (exact) mass is 188 g/mol. The molecule has 1 unspecified atom stereocenters. The van der Waals surface area contributed by atoms with Crippen molar-refractivity contribution in [2.45, 2.75) is 25.3 Å². The van der Waals surface area contributed by atoms with Gasteiger partial charge < -0.3 is 5.73 Å². The van der Waals surface area contributed by atoms with Gasteiger partial charge in [-0.1, -0.05) is 24.1 Å². The van der Waals surface area contributed by atoms with E-state index in [0.29, 0.717) is 6.04 Å². The molecule has 1 rings (SSSR count). The number of likely N-dealkylation sites (tertiary alicyclic amines) is 1. The van der Waals surface area contributed by atoms with Crippen molar-refractivity contribution >= 4 is 11.6 Å². The number of hydrogen-bond acceptors (Lipinski definition) is 2. The Bertz CT molecular complexity index is 147. The lowest BCUT2D eigenvalue weighted by atomic mass is 10.0. The molecule has 0 aromatic carbocycles. The lowest BCUT2D eigenvalue weighted by molar-refractivity contribution is 0.170. The number of hydrogen-bond donors (Lipinski definition) is 1. The van der Waals surface area contributed by atoms with Gasteiger partial charge in [0.1, 0.15) is 0 Å². The molecular weight excluding hydrogens is 172 g/mol. The van der Waals surface area contributed by atoms with Gasteiger partial charge >= 0.3 is 0 Å². The minimum atomic E-state index is 0.576. The Hall–Kier alpha value is -0.0500. The standard InChI is InChI=1S/C9H17ClN2/c10-5-3-7-12-6-2-1-4-9(12)8-11/h3,5,9H,1-2,4,6-8,11H2/b5-3+. The van der Waals surface area contributed by atoms with Crippen LogP contribution in [-0.4, -0.2) is 30.6 Å². The second-order valence-electron chi connectivity index (χ2n) is 3.24. The van der Waals surface area contributed by atoms with Gasteiger partial charge in [-0.15, -0.1) is 0 Å². The summed E-state index contributed by atoms with van der Waals surface area (Å²) in [6.45, 7) is 2.89. The summed E-state index contributed by atoms with van der Waals surface area (Å²) in [4.78, 5) is 2.41. The predicted octanol–water partition coefficient (Wildman–Crippen LogP) is 1.55. The highest BCUT2D eigenvalue weighted by atomic mass is 35.5. The third-order valence-electron chi connectivity index (χ3n) is 2.45. The Labute approximate surface area is 79.4 Å². The number of nitrogens with zero attached hydrogens (tertiary/aromatic N) is 1. The summed E-state index contributed by atoms with van der Waals surface area (Å²) in [5, 5.41) is 0. The van der Waals surface area contributed by atoms with Crippen LogP contribution in [0.15, 0.2) is 11.6 Å². The zero-order valence-corrected chi connectivity index (χ0v) is 8.13. The number of nitrogens with two attached hydrogens (primary N) is 1. The highest BCUT2D eigenvalue weighted by molar-refractivity contribution is 6.25. The average molecular weight is 189 g/mol. The van der Waals surface area contributed by atoms with Gasteiger partial charge in [0.05, 0.1) is 0 Å². The van der Waals surface area contributed by atoms with E-state index in [1.54, 1.807) is 5.54 Å². The Morgan fingerprint density at radius 3 is 3.00 bits per heavy atom. The highest BCUT2D eigenvalue weighted by Crippen LogP contribution is 2.15. The van der Waals surface area contributed by atoms with Crippen molar-refractivity contribution < 1.29 is 0 Å². The topological polar surface area (TPSA) is 29.3 Å². The van der Waals surface area contributed by atoms with Gasteiger partial charge in [0.15, 0.2) is 0 Å². The Kier molecular flexibility index (Phi) is 4.66. The molecule has 2 N–H and O–H groups in total. The molecule has 0 aliphatic carbocycles. The molecule has 0 aromatic rings. The van der Waals surface area contributed by atoms with E-state index in [-0.39, 0.29) is 0 Å². The fourth-order valence-electron chi connectivity index (χ4n) is 1.74. The largest absolute Gasteiger partial charge is 0.329 e. The number of piperidine rings is 1. The van der Waals surface area contributed by atoms with Gasteiger partial charge in [-0.05, 0) is 19.4 Å². The van der Waals surface area contributed by atoms with Crippen molar-refractivity contribution in [2.24, 2.45) is 5.73 Å². The molecule has 2 nitrogen and oxygen atoms in total. The van der Waals surface area contributed by atoms with Crippen molar-refractivity contribution in [3.05, 3.63) is 11.6 Å². The van der Waals surface area contributed by atoms with E-state index in [1.165, 1.54) is 25.8 Å². The predicted molar refractivity (Wildman–Crippen MR) is 53.3 cm³/mol. The maximum Gasteiger partial charge on any atom is 0.0221 e. The Balaban J connectivity index is 2.36. The molecule has 1 atom stereocenters. The fourth-order valence-corrected chi connectivity index (χ4v) is 1.82. The second-order valence-corrected chi connectivity index (χ2v) is 3.49. The van der Waals surface area contributed by atoms with Crippen molar-refractivity contribution in [3.63, 3.8) is 0 Å². The van der Waals surface area contributed by atoms with Gasteiger partial charge in [-0.25, -0.2) is 0 Å². The molecule has 1 fully saturated rings. The minimum absolute atomic E-state index is 0.576. The van der Waals surface area contributed by atoms with E-state index in [9.17, 15) is 0 Å². The van der Waals surface area contributed by atoms with Crippen molar-refractivity contribution in [1.29, 1.82) is 0 Å². The fraction of sp³-hybridized carbons (Fsp3) is 0.778. The normalized spacial score (nSPS) is 26.7. The van der Waals surface area contributed by atoms with Gasteiger partial charge in [0.25, 0.3) is 0 Å².